The first kappa shape index (κ1) is 32.7. The van der Waals surface area contributed by atoms with Gasteiger partial charge in [0, 0.05) is 53.3 Å². The fourth-order valence-corrected chi connectivity index (χ4v) is 9.65. The van der Waals surface area contributed by atoms with E-state index in [1.807, 2.05) is 72.0 Å². The van der Waals surface area contributed by atoms with Gasteiger partial charge in [0.25, 0.3) is 0 Å². The maximum absolute atomic E-state index is 5.00. The van der Waals surface area contributed by atoms with E-state index in [9.17, 15) is 0 Å². The molecular weight excluding hydrogens is 725 g/mol. The molecule has 0 atom stereocenters. The van der Waals surface area contributed by atoms with Gasteiger partial charge in [-0.3, -0.25) is 0 Å². The highest BCUT2D eigenvalue weighted by Gasteiger charge is 2.18. The van der Waals surface area contributed by atoms with E-state index in [1.165, 1.54) is 69.1 Å². The van der Waals surface area contributed by atoms with E-state index in [2.05, 4.69) is 138 Å². The summed E-state index contributed by atoms with van der Waals surface area (Å²) in [4.78, 5) is 14.9. The van der Waals surface area contributed by atoms with Gasteiger partial charge in [-0.2, -0.15) is 0 Å². The molecule has 5 heteroatoms. The number of fused-ring (bicyclic) bond motifs is 8. The van der Waals surface area contributed by atoms with Crippen molar-refractivity contribution in [2.45, 2.75) is 0 Å². The standard InChI is InChI=1S/C53H32N4S/c1-3-12-34(13-4-1)51-54-52(35-14-5-2-6-15-35)56-53(55-51)36-21-24-42(25-22-36)57-47-26-23-39(38-20-19-33-11-7-8-16-37(33)27-38)28-44(47)45-29-41-32-50-46(30-40(41)31-48(45)57)43-17-9-10-18-49(43)58-50/h1-32H. The van der Waals surface area contributed by atoms with Gasteiger partial charge in [-0.05, 0) is 105 Å². The minimum atomic E-state index is 0.638. The average molecular weight is 757 g/mol. The molecule has 0 saturated heterocycles. The predicted molar refractivity (Wildman–Crippen MR) is 244 cm³/mol. The SMILES string of the molecule is c1ccc(-c2nc(-c3ccccc3)nc(-c3ccc(-n4c5ccc(-c6ccc7ccccc7c6)cc5c5cc6cc7sc8ccccc8c7cc6cc54)cc3)n2)cc1. The maximum atomic E-state index is 5.00. The number of hydrogen-bond acceptors (Lipinski definition) is 4. The van der Waals surface area contributed by atoms with Crippen molar-refractivity contribution in [3.63, 3.8) is 0 Å². The molecule has 0 aliphatic heterocycles. The van der Waals surface area contributed by atoms with Gasteiger partial charge in [-0.15, -0.1) is 11.3 Å². The summed E-state index contributed by atoms with van der Waals surface area (Å²) in [5, 5.41) is 10.0. The smallest absolute Gasteiger partial charge is 0.164 e. The third-order valence-electron chi connectivity index (χ3n) is 11.4. The van der Waals surface area contributed by atoms with Crippen molar-refractivity contribution in [3.8, 4) is 51.0 Å². The lowest BCUT2D eigenvalue weighted by Crippen LogP contribution is -2.00. The lowest BCUT2D eigenvalue weighted by molar-refractivity contribution is 1.07. The molecule has 9 aromatic carbocycles. The molecule has 3 aromatic heterocycles. The largest absolute Gasteiger partial charge is 0.309 e. The summed E-state index contributed by atoms with van der Waals surface area (Å²) in [5.41, 5.74) is 8.64. The van der Waals surface area contributed by atoms with E-state index in [0.717, 1.165) is 27.9 Å². The zero-order valence-corrected chi connectivity index (χ0v) is 32.0. The fraction of sp³-hybridized carbons (Fsp3) is 0. The summed E-state index contributed by atoms with van der Waals surface area (Å²) in [7, 11) is 0. The van der Waals surface area contributed by atoms with Crippen LogP contribution in [0.4, 0.5) is 0 Å². The number of hydrogen-bond donors (Lipinski definition) is 0. The molecule has 3 heterocycles. The van der Waals surface area contributed by atoms with Gasteiger partial charge in [0.15, 0.2) is 17.5 Å². The number of benzene rings is 9. The van der Waals surface area contributed by atoms with E-state index >= 15 is 0 Å². The van der Waals surface area contributed by atoms with Gasteiger partial charge in [-0.1, -0.05) is 121 Å². The topological polar surface area (TPSA) is 43.6 Å². The summed E-state index contributed by atoms with van der Waals surface area (Å²) in [6.45, 7) is 0. The Hall–Kier alpha value is -7.47. The highest BCUT2D eigenvalue weighted by atomic mass is 32.1. The van der Waals surface area contributed by atoms with Crippen molar-refractivity contribution in [1.29, 1.82) is 0 Å². The summed E-state index contributed by atoms with van der Waals surface area (Å²) >= 11 is 1.87. The van der Waals surface area contributed by atoms with E-state index in [1.54, 1.807) is 0 Å². The van der Waals surface area contributed by atoms with Crippen LogP contribution in [0.5, 0.6) is 0 Å². The normalized spacial score (nSPS) is 11.8. The van der Waals surface area contributed by atoms with Crippen LogP contribution in [0.3, 0.4) is 0 Å². The highest BCUT2D eigenvalue weighted by molar-refractivity contribution is 7.25. The van der Waals surface area contributed by atoms with Crippen LogP contribution >= 0.6 is 11.3 Å². The lowest BCUT2D eigenvalue weighted by atomic mass is 9.99. The molecule has 4 nitrogen and oxygen atoms in total. The molecule has 0 radical (unpaired) electrons. The molecule has 0 spiro atoms. The molecule has 0 saturated carbocycles. The van der Waals surface area contributed by atoms with Crippen LogP contribution in [0.15, 0.2) is 194 Å². The molecule has 12 aromatic rings. The van der Waals surface area contributed by atoms with Gasteiger partial charge >= 0.3 is 0 Å². The molecule has 0 aliphatic rings. The third-order valence-corrected chi connectivity index (χ3v) is 12.5. The molecule has 0 N–H and O–H groups in total. The van der Waals surface area contributed by atoms with Crippen molar-refractivity contribution in [3.05, 3.63) is 194 Å². The van der Waals surface area contributed by atoms with E-state index in [0.29, 0.717) is 17.5 Å². The van der Waals surface area contributed by atoms with Gasteiger partial charge in [0.05, 0.1) is 11.0 Å². The van der Waals surface area contributed by atoms with Crippen LogP contribution in [-0.4, -0.2) is 19.5 Å². The number of rotatable bonds is 5. The highest BCUT2D eigenvalue weighted by Crippen LogP contribution is 2.41. The average Bonchev–Trinajstić information content (AvgIpc) is 3.81. The van der Waals surface area contributed by atoms with Crippen LogP contribution in [0.25, 0.3) is 115 Å². The van der Waals surface area contributed by atoms with Crippen molar-refractivity contribution in [2.75, 3.05) is 0 Å². The van der Waals surface area contributed by atoms with E-state index < -0.39 is 0 Å². The Balaban J connectivity index is 1.05. The zero-order valence-electron chi connectivity index (χ0n) is 31.2. The first-order valence-electron chi connectivity index (χ1n) is 19.5. The molecule has 0 unspecified atom stereocenters. The summed E-state index contributed by atoms with van der Waals surface area (Å²) in [6, 6.07) is 69.4. The Kier molecular flexibility index (Phi) is 7.37. The van der Waals surface area contributed by atoms with Gasteiger partial charge < -0.3 is 4.57 Å². The molecule has 58 heavy (non-hydrogen) atoms. The Bertz CT molecular complexity index is 3490. The second-order valence-corrected chi connectivity index (χ2v) is 16.0. The maximum Gasteiger partial charge on any atom is 0.164 e. The summed E-state index contributed by atoms with van der Waals surface area (Å²) in [5.74, 6) is 1.94. The second kappa shape index (κ2) is 13.1. The molecule has 0 bridgehead atoms. The molecule has 0 aliphatic carbocycles. The minimum absolute atomic E-state index is 0.638. The van der Waals surface area contributed by atoms with Crippen LogP contribution in [-0.2, 0) is 0 Å². The quantitative estimate of drug-likeness (QED) is 0.176. The zero-order chi connectivity index (χ0) is 38.2. The van der Waals surface area contributed by atoms with Crippen LogP contribution < -0.4 is 0 Å². The number of nitrogens with zero attached hydrogens (tertiary/aromatic N) is 4. The molecule has 0 amide bonds. The lowest BCUT2D eigenvalue weighted by Gasteiger charge is -2.11. The van der Waals surface area contributed by atoms with Crippen molar-refractivity contribution < 1.29 is 0 Å². The Morgan fingerprint density at radius 3 is 1.60 bits per heavy atom. The summed E-state index contributed by atoms with van der Waals surface area (Å²) in [6.07, 6.45) is 0. The number of aromatic nitrogens is 4. The van der Waals surface area contributed by atoms with Crippen LogP contribution in [0, 0.1) is 0 Å². The van der Waals surface area contributed by atoms with Crippen LogP contribution in [0.1, 0.15) is 0 Å². The second-order valence-electron chi connectivity index (χ2n) is 14.9. The van der Waals surface area contributed by atoms with Crippen molar-refractivity contribution in [1.82, 2.24) is 19.5 Å². The third kappa shape index (κ3) is 5.40. The molecule has 12 rings (SSSR count). The molecule has 270 valence electrons. The summed E-state index contributed by atoms with van der Waals surface area (Å²) < 4.78 is 5.04. The first-order chi connectivity index (χ1) is 28.7. The number of thiophene rings is 1. The molecular formula is C53H32N4S. The van der Waals surface area contributed by atoms with Crippen molar-refractivity contribution >= 4 is 74.9 Å². The first-order valence-corrected chi connectivity index (χ1v) is 20.3. The molecule has 0 fully saturated rings. The monoisotopic (exact) mass is 756 g/mol. The van der Waals surface area contributed by atoms with E-state index in [-0.39, 0.29) is 0 Å². The van der Waals surface area contributed by atoms with Crippen molar-refractivity contribution in [2.24, 2.45) is 0 Å². The van der Waals surface area contributed by atoms with Gasteiger partial charge in [0.1, 0.15) is 0 Å². The van der Waals surface area contributed by atoms with Crippen LogP contribution in [0.2, 0.25) is 0 Å². The Labute approximate surface area is 338 Å². The van der Waals surface area contributed by atoms with E-state index in [4.69, 9.17) is 15.0 Å². The Morgan fingerprint density at radius 1 is 0.310 bits per heavy atom. The van der Waals surface area contributed by atoms with Gasteiger partial charge in [-0.25, -0.2) is 15.0 Å². The minimum Gasteiger partial charge on any atom is -0.309 e. The van der Waals surface area contributed by atoms with Gasteiger partial charge in [0.2, 0.25) is 0 Å². The predicted octanol–water partition coefficient (Wildman–Crippen LogP) is 14.3. The Morgan fingerprint density at radius 2 is 0.862 bits per heavy atom. The fourth-order valence-electron chi connectivity index (χ4n) is 8.51.